The average molecular weight is 403 g/mol. The van der Waals surface area contributed by atoms with Gasteiger partial charge in [-0.2, -0.15) is 4.72 Å². The molecule has 0 aliphatic carbocycles. The van der Waals surface area contributed by atoms with Crippen LogP contribution in [0.25, 0.3) is 0 Å². The van der Waals surface area contributed by atoms with Crippen LogP contribution in [0.1, 0.15) is 51.1 Å². The van der Waals surface area contributed by atoms with Crippen LogP contribution in [0.5, 0.6) is 0 Å². The van der Waals surface area contributed by atoms with E-state index in [0.29, 0.717) is 0 Å². The summed E-state index contributed by atoms with van der Waals surface area (Å²) in [4.78, 5) is 10.3. The summed E-state index contributed by atoms with van der Waals surface area (Å²) < 4.78 is 28.7. The first-order chi connectivity index (χ1) is 13.4. The maximum atomic E-state index is 13.0. The van der Waals surface area contributed by atoms with Crippen molar-refractivity contribution < 1.29 is 13.3 Å². The van der Waals surface area contributed by atoms with Crippen molar-refractivity contribution in [3.05, 3.63) is 81.9 Å². The maximum absolute atomic E-state index is 13.0. The molecule has 0 fully saturated rings. The van der Waals surface area contributed by atoms with Gasteiger partial charge in [-0.1, -0.05) is 68.7 Å². The number of nitrogens with one attached hydrogen (secondary N) is 1. The minimum Gasteiger partial charge on any atom is -0.258 e. The van der Waals surface area contributed by atoms with Crippen LogP contribution < -0.4 is 4.72 Å². The first-order valence-corrected chi connectivity index (χ1v) is 10.9. The van der Waals surface area contributed by atoms with Gasteiger partial charge in [0.2, 0.25) is 10.0 Å². The van der Waals surface area contributed by atoms with E-state index in [0.717, 1.165) is 36.8 Å². The molecular formula is C21H26N2O4S. The van der Waals surface area contributed by atoms with Crippen molar-refractivity contribution in [2.45, 2.75) is 50.5 Å². The van der Waals surface area contributed by atoms with Crippen LogP contribution in [0.3, 0.4) is 0 Å². The van der Waals surface area contributed by atoms with Crippen LogP contribution in [0, 0.1) is 10.1 Å². The molecule has 28 heavy (non-hydrogen) atoms. The minimum absolute atomic E-state index is 0.00497. The van der Waals surface area contributed by atoms with E-state index in [2.05, 4.69) is 24.6 Å². The summed E-state index contributed by atoms with van der Waals surface area (Å²) in [5, 5.41) is 10.8. The number of nitrogens with zero attached hydrogens (tertiary/aromatic N) is 1. The Morgan fingerprint density at radius 2 is 1.71 bits per heavy atom. The first kappa shape index (κ1) is 21.8. The molecule has 0 radical (unpaired) electrons. The van der Waals surface area contributed by atoms with Gasteiger partial charge in [-0.05, 0) is 30.5 Å². The van der Waals surface area contributed by atoms with Gasteiger partial charge in [-0.3, -0.25) is 10.1 Å². The fraction of sp³-hybridized carbons (Fsp3) is 0.333. The van der Waals surface area contributed by atoms with E-state index < -0.39 is 21.0 Å². The maximum Gasteiger partial charge on any atom is 0.269 e. The van der Waals surface area contributed by atoms with Gasteiger partial charge in [0.25, 0.3) is 5.69 Å². The summed E-state index contributed by atoms with van der Waals surface area (Å²) in [6.45, 7) is 4.14. The highest BCUT2D eigenvalue weighted by Gasteiger charge is 2.24. The van der Waals surface area contributed by atoms with Crippen molar-refractivity contribution in [3.63, 3.8) is 0 Å². The SMILES string of the molecule is CCC/C=C(\CCC)C(NS(=O)(=O)c1ccc([N+](=O)[O-])cc1)c1ccccc1. The second-order valence-corrected chi connectivity index (χ2v) is 8.25. The van der Waals surface area contributed by atoms with Crippen molar-refractivity contribution in [2.24, 2.45) is 0 Å². The average Bonchev–Trinajstić information content (AvgIpc) is 2.70. The van der Waals surface area contributed by atoms with Crippen molar-refractivity contribution in [3.8, 4) is 0 Å². The molecule has 7 heteroatoms. The molecule has 0 heterocycles. The molecule has 2 aromatic carbocycles. The number of non-ortho nitro benzene ring substituents is 1. The molecule has 2 rings (SSSR count). The van der Waals surface area contributed by atoms with Crippen molar-refractivity contribution in [1.29, 1.82) is 0 Å². The van der Waals surface area contributed by atoms with Crippen LogP contribution in [-0.4, -0.2) is 13.3 Å². The molecule has 0 saturated heterocycles. The van der Waals surface area contributed by atoms with Crippen LogP contribution in [-0.2, 0) is 10.0 Å². The van der Waals surface area contributed by atoms with Crippen molar-refractivity contribution >= 4 is 15.7 Å². The second kappa shape index (κ2) is 10.1. The summed E-state index contributed by atoms with van der Waals surface area (Å²) in [6.07, 6.45) is 5.64. The summed E-state index contributed by atoms with van der Waals surface area (Å²) in [5.74, 6) is 0. The zero-order valence-electron chi connectivity index (χ0n) is 16.2. The molecule has 0 saturated carbocycles. The van der Waals surface area contributed by atoms with Crippen LogP contribution >= 0.6 is 0 Å². The van der Waals surface area contributed by atoms with E-state index >= 15 is 0 Å². The molecule has 0 spiro atoms. The molecule has 0 aliphatic rings. The number of benzene rings is 2. The van der Waals surface area contributed by atoms with E-state index in [1.54, 1.807) is 0 Å². The number of rotatable bonds is 10. The van der Waals surface area contributed by atoms with E-state index in [-0.39, 0.29) is 10.6 Å². The highest BCUT2D eigenvalue weighted by molar-refractivity contribution is 7.89. The molecule has 150 valence electrons. The fourth-order valence-corrected chi connectivity index (χ4v) is 4.18. The normalized spacial score (nSPS) is 13.3. The smallest absolute Gasteiger partial charge is 0.258 e. The lowest BCUT2D eigenvalue weighted by Crippen LogP contribution is -2.30. The molecule has 1 unspecified atom stereocenters. The molecule has 2 aromatic rings. The lowest BCUT2D eigenvalue weighted by atomic mass is 9.95. The Morgan fingerprint density at radius 1 is 1.07 bits per heavy atom. The van der Waals surface area contributed by atoms with Gasteiger partial charge in [-0.25, -0.2) is 8.42 Å². The predicted molar refractivity (Wildman–Crippen MR) is 110 cm³/mol. The van der Waals surface area contributed by atoms with E-state index in [4.69, 9.17) is 0 Å². The lowest BCUT2D eigenvalue weighted by Gasteiger charge is -2.23. The zero-order valence-corrected chi connectivity index (χ0v) is 17.0. The van der Waals surface area contributed by atoms with Gasteiger partial charge in [-0.15, -0.1) is 0 Å². The number of nitro benzene ring substituents is 1. The first-order valence-electron chi connectivity index (χ1n) is 9.39. The van der Waals surface area contributed by atoms with E-state index in [1.165, 1.54) is 24.3 Å². The number of unbranched alkanes of at least 4 members (excludes halogenated alkanes) is 1. The van der Waals surface area contributed by atoms with Crippen LogP contribution in [0.15, 0.2) is 71.1 Å². The van der Waals surface area contributed by atoms with Gasteiger partial charge in [0, 0.05) is 12.1 Å². The summed E-state index contributed by atoms with van der Waals surface area (Å²) >= 11 is 0. The summed E-state index contributed by atoms with van der Waals surface area (Å²) in [7, 11) is -3.85. The molecule has 0 aliphatic heterocycles. The third kappa shape index (κ3) is 5.74. The molecular weight excluding hydrogens is 376 g/mol. The van der Waals surface area contributed by atoms with Gasteiger partial charge in [0.1, 0.15) is 0 Å². The third-order valence-electron chi connectivity index (χ3n) is 4.37. The number of nitro groups is 1. The van der Waals surface area contributed by atoms with Gasteiger partial charge < -0.3 is 0 Å². The quantitative estimate of drug-likeness (QED) is 0.338. The molecule has 0 bridgehead atoms. The molecule has 0 aromatic heterocycles. The topological polar surface area (TPSA) is 89.3 Å². The summed E-state index contributed by atoms with van der Waals surface area (Å²) in [6, 6.07) is 13.9. The number of sulfonamides is 1. The van der Waals surface area contributed by atoms with E-state index in [1.807, 2.05) is 30.3 Å². The Balaban J connectivity index is 2.41. The van der Waals surface area contributed by atoms with Gasteiger partial charge in [0.15, 0.2) is 0 Å². The van der Waals surface area contributed by atoms with E-state index in [9.17, 15) is 18.5 Å². The Hall–Kier alpha value is -2.51. The fourth-order valence-electron chi connectivity index (χ4n) is 2.96. The third-order valence-corrected chi connectivity index (χ3v) is 5.81. The van der Waals surface area contributed by atoms with Crippen LogP contribution in [0.2, 0.25) is 0 Å². The van der Waals surface area contributed by atoms with Crippen LogP contribution in [0.4, 0.5) is 5.69 Å². The second-order valence-electron chi connectivity index (χ2n) is 6.53. The standard InChI is InChI=1S/C21H26N2O4S/c1-3-5-10-17(9-4-2)21(18-11-7-6-8-12-18)22-28(26,27)20-15-13-19(14-16-20)23(24)25/h6-8,10-16,21-22H,3-5,9H2,1-2H3/b17-10+. The molecule has 1 N–H and O–H groups in total. The van der Waals surface area contributed by atoms with Gasteiger partial charge >= 0.3 is 0 Å². The highest BCUT2D eigenvalue weighted by atomic mass is 32.2. The number of hydrogen-bond acceptors (Lipinski definition) is 4. The molecule has 0 amide bonds. The molecule has 6 nitrogen and oxygen atoms in total. The van der Waals surface area contributed by atoms with Crippen molar-refractivity contribution in [1.82, 2.24) is 4.72 Å². The Labute approximate surface area is 166 Å². The minimum atomic E-state index is -3.85. The monoisotopic (exact) mass is 402 g/mol. The number of hydrogen-bond donors (Lipinski definition) is 1. The number of allylic oxidation sites excluding steroid dienone is 1. The largest absolute Gasteiger partial charge is 0.269 e. The zero-order chi connectivity index (χ0) is 20.6. The Morgan fingerprint density at radius 3 is 2.25 bits per heavy atom. The Bertz CT molecular complexity index is 907. The summed E-state index contributed by atoms with van der Waals surface area (Å²) in [5.41, 5.74) is 1.75. The predicted octanol–water partition coefficient (Wildman–Crippen LogP) is 5.14. The van der Waals surface area contributed by atoms with Gasteiger partial charge in [0.05, 0.1) is 15.9 Å². The Kier molecular flexibility index (Phi) is 7.90. The highest BCUT2D eigenvalue weighted by Crippen LogP contribution is 2.28. The molecule has 1 atom stereocenters. The van der Waals surface area contributed by atoms with Crippen molar-refractivity contribution in [2.75, 3.05) is 0 Å². The lowest BCUT2D eigenvalue weighted by molar-refractivity contribution is -0.384.